The summed E-state index contributed by atoms with van der Waals surface area (Å²) in [5.74, 6) is 0.760. The maximum absolute atomic E-state index is 11.7. The second-order valence-corrected chi connectivity index (χ2v) is 5.16. The SMILES string of the molecule is COCCNC(=O)C(C)NCC1CCN(C)CC1. The molecule has 1 unspecified atom stereocenters. The molecule has 0 saturated carbocycles. The van der Waals surface area contributed by atoms with Crippen molar-refractivity contribution < 1.29 is 9.53 Å². The third-order valence-corrected chi connectivity index (χ3v) is 3.55. The van der Waals surface area contributed by atoms with Crippen LogP contribution in [0.2, 0.25) is 0 Å². The summed E-state index contributed by atoms with van der Waals surface area (Å²) >= 11 is 0. The van der Waals surface area contributed by atoms with Gasteiger partial charge in [0.05, 0.1) is 12.6 Å². The van der Waals surface area contributed by atoms with Gasteiger partial charge in [-0.05, 0) is 52.4 Å². The highest BCUT2D eigenvalue weighted by molar-refractivity contribution is 5.81. The first kappa shape index (κ1) is 15.4. The van der Waals surface area contributed by atoms with Crippen LogP contribution in [0.1, 0.15) is 19.8 Å². The predicted molar refractivity (Wildman–Crippen MR) is 72.6 cm³/mol. The van der Waals surface area contributed by atoms with Gasteiger partial charge < -0.3 is 20.3 Å². The summed E-state index contributed by atoms with van der Waals surface area (Å²) in [6.45, 7) is 6.33. The standard InChI is InChI=1S/C13H27N3O2/c1-11(13(17)14-6-9-18-3)15-10-12-4-7-16(2)8-5-12/h11-12,15H,4-10H2,1-3H3,(H,14,17). The minimum Gasteiger partial charge on any atom is -0.383 e. The van der Waals surface area contributed by atoms with Crippen molar-refractivity contribution in [3.05, 3.63) is 0 Å². The Balaban J connectivity index is 2.12. The van der Waals surface area contributed by atoms with Gasteiger partial charge >= 0.3 is 0 Å². The predicted octanol–water partition coefficient (Wildman–Crippen LogP) is 0.0689. The number of carbonyl (C=O) groups excluding carboxylic acids is 1. The number of nitrogens with zero attached hydrogens (tertiary/aromatic N) is 1. The summed E-state index contributed by atoms with van der Waals surface area (Å²) in [6.07, 6.45) is 2.45. The second kappa shape index (κ2) is 8.45. The molecular formula is C13H27N3O2. The van der Waals surface area contributed by atoms with E-state index in [1.165, 1.54) is 25.9 Å². The largest absolute Gasteiger partial charge is 0.383 e. The van der Waals surface area contributed by atoms with E-state index in [9.17, 15) is 4.79 Å². The summed E-state index contributed by atoms with van der Waals surface area (Å²) in [5.41, 5.74) is 0. The molecule has 1 amide bonds. The van der Waals surface area contributed by atoms with Crippen molar-refractivity contribution in [3.8, 4) is 0 Å². The van der Waals surface area contributed by atoms with Crippen LogP contribution in [-0.4, -0.2) is 63.8 Å². The van der Waals surface area contributed by atoms with Crippen LogP contribution in [-0.2, 0) is 9.53 Å². The zero-order chi connectivity index (χ0) is 13.4. The molecule has 0 radical (unpaired) electrons. The van der Waals surface area contributed by atoms with Crippen molar-refractivity contribution in [1.29, 1.82) is 0 Å². The lowest BCUT2D eigenvalue weighted by molar-refractivity contribution is -0.123. The van der Waals surface area contributed by atoms with Crippen molar-refractivity contribution in [2.75, 3.05) is 46.9 Å². The lowest BCUT2D eigenvalue weighted by atomic mass is 9.97. The summed E-state index contributed by atoms with van der Waals surface area (Å²) in [4.78, 5) is 14.1. The average molecular weight is 257 g/mol. The molecule has 0 bridgehead atoms. The molecule has 1 heterocycles. The number of amides is 1. The number of ether oxygens (including phenoxy) is 1. The molecule has 1 fully saturated rings. The van der Waals surface area contributed by atoms with Crippen molar-refractivity contribution in [1.82, 2.24) is 15.5 Å². The van der Waals surface area contributed by atoms with Gasteiger partial charge in [0.2, 0.25) is 5.91 Å². The number of hydrogen-bond donors (Lipinski definition) is 2. The summed E-state index contributed by atoms with van der Waals surface area (Å²) in [5, 5.41) is 6.17. The van der Waals surface area contributed by atoms with E-state index in [1.54, 1.807) is 7.11 Å². The Kier molecular flexibility index (Phi) is 7.23. The quantitative estimate of drug-likeness (QED) is 0.634. The third-order valence-electron chi connectivity index (χ3n) is 3.55. The zero-order valence-electron chi connectivity index (χ0n) is 11.9. The molecule has 18 heavy (non-hydrogen) atoms. The number of piperidine rings is 1. The molecule has 0 aromatic rings. The fourth-order valence-electron chi connectivity index (χ4n) is 2.13. The molecule has 2 N–H and O–H groups in total. The Morgan fingerprint density at radius 3 is 2.72 bits per heavy atom. The smallest absolute Gasteiger partial charge is 0.236 e. The van der Waals surface area contributed by atoms with Gasteiger partial charge in [-0.1, -0.05) is 0 Å². The van der Waals surface area contributed by atoms with E-state index in [-0.39, 0.29) is 11.9 Å². The molecule has 1 rings (SSSR count). The maximum atomic E-state index is 11.7. The van der Waals surface area contributed by atoms with Gasteiger partial charge in [-0.2, -0.15) is 0 Å². The topological polar surface area (TPSA) is 53.6 Å². The minimum absolute atomic E-state index is 0.0555. The summed E-state index contributed by atoms with van der Waals surface area (Å²) < 4.78 is 4.90. The first-order valence-electron chi connectivity index (χ1n) is 6.82. The van der Waals surface area contributed by atoms with Crippen LogP contribution >= 0.6 is 0 Å². The molecular weight excluding hydrogens is 230 g/mol. The van der Waals surface area contributed by atoms with E-state index in [0.717, 1.165) is 6.54 Å². The first-order chi connectivity index (χ1) is 8.63. The van der Waals surface area contributed by atoms with Gasteiger partial charge in [0.1, 0.15) is 0 Å². The van der Waals surface area contributed by atoms with Crippen molar-refractivity contribution in [3.63, 3.8) is 0 Å². The highest BCUT2D eigenvalue weighted by atomic mass is 16.5. The Morgan fingerprint density at radius 1 is 1.44 bits per heavy atom. The van der Waals surface area contributed by atoms with Crippen LogP contribution in [0, 0.1) is 5.92 Å². The van der Waals surface area contributed by atoms with Crippen molar-refractivity contribution in [2.45, 2.75) is 25.8 Å². The van der Waals surface area contributed by atoms with Crippen LogP contribution in [0.15, 0.2) is 0 Å². The molecule has 0 aliphatic carbocycles. The molecule has 1 aliphatic heterocycles. The first-order valence-corrected chi connectivity index (χ1v) is 6.82. The highest BCUT2D eigenvalue weighted by Gasteiger charge is 2.18. The van der Waals surface area contributed by atoms with Crippen molar-refractivity contribution >= 4 is 5.91 Å². The highest BCUT2D eigenvalue weighted by Crippen LogP contribution is 2.14. The normalized spacial score (nSPS) is 19.7. The van der Waals surface area contributed by atoms with Gasteiger partial charge in [-0.15, -0.1) is 0 Å². The van der Waals surface area contributed by atoms with Gasteiger partial charge in [-0.25, -0.2) is 0 Å². The van der Waals surface area contributed by atoms with Gasteiger partial charge in [0.25, 0.3) is 0 Å². The lowest BCUT2D eigenvalue weighted by Gasteiger charge is -2.29. The minimum atomic E-state index is -0.124. The van der Waals surface area contributed by atoms with Crippen LogP contribution < -0.4 is 10.6 Å². The summed E-state index contributed by atoms with van der Waals surface area (Å²) in [6, 6.07) is -0.124. The number of hydrogen-bond acceptors (Lipinski definition) is 4. The Bertz CT molecular complexity index is 240. The monoisotopic (exact) mass is 257 g/mol. The van der Waals surface area contributed by atoms with E-state index in [2.05, 4.69) is 22.6 Å². The van der Waals surface area contributed by atoms with Crippen molar-refractivity contribution in [2.24, 2.45) is 5.92 Å². The number of likely N-dealkylation sites (tertiary alicyclic amines) is 1. The molecule has 5 nitrogen and oxygen atoms in total. The molecule has 0 spiro atoms. The molecule has 106 valence electrons. The Labute approximate surface area is 110 Å². The molecule has 1 saturated heterocycles. The summed E-state index contributed by atoms with van der Waals surface area (Å²) in [7, 11) is 3.80. The second-order valence-electron chi connectivity index (χ2n) is 5.16. The van der Waals surface area contributed by atoms with E-state index in [0.29, 0.717) is 19.1 Å². The third kappa shape index (κ3) is 5.80. The molecule has 0 aromatic carbocycles. The lowest BCUT2D eigenvalue weighted by Crippen LogP contribution is -2.45. The van der Waals surface area contributed by atoms with E-state index in [1.807, 2.05) is 6.92 Å². The van der Waals surface area contributed by atoms with Gasteiger partial charge in [0, 0.05) is 13.7 Å². The Hall–Kier alpha value is -0.650. The number of carbonyl (C=O) groups is 1. The molecule has 0 aromatic heterocycles. The van der Waals surface area contributed by atoms with Crippen LogP contribution in [0.5, 0.6) is 0 Å². The molecule has 1 aliphatic rings. The Morgan fingerprint density at radius 2 is 2.11 bits per heavy atom. The van der Waals surface area contributed by atoms with Crippen LogP contribution in [0.3, 0.4) is 0 Å². The zero-order valence-corrected chi connectivity index (χ0v) is 11.9. The van der Waals surface area contributed by atoms with Gasteiger partial charge in [-0.3, -0.25) is 4.79 Å². The van der Waals surface area contributed by atoms with E-state index >= 15 is 0 Å². The van der Waals surface area contributed by atoms with E-state index < -0.39 is 0 Å². The van der Waals surface area contributed by atoms with Crippen LogP contribution in [0.4, 0.5) is 0 Å². The maximum Gasteiger partial charge on any atom is 0.236 e. The fraction of sp³-hybridized carbons (Fsp3) is 0.923. The molecule has 1 atom stereocenters. The van der Waals surface area contributed by atoms with Crippen LogP contribution in [0.25, 0.3) is 0 Å². The fourth-order valence-corrected chi connectivity index (χ4v) is 2.13. The number of nitrogens with one attached hydrogen (secondary N) is 2. The number of methoxy groups -OCH3 is 1. The van der Waals surface area contributed by atoms with E-state index in [4.69, 9.17) is 4.74 Å². The number of rotatable bonds is 7. The average Bonchev–Trinajstić information content (AvgIpc) is 2.38. The molecule has 5 heteroatoms. The van der Waals surface area contributed by atoms with Gasteiger partial charge in [0.15, 0.2) is 0 Å².